The first-order valence-electron chi connectivity index (χ1n) is 13.3. The van der Waals surface area contributed by atoms with Crippen LogP contribution in [0.2, 0.25) is 0 Å². The summed E-state index contributed by atoms with van der Waals surface area (Å²) in [6.07, 6.45) is 3.52. The van der Waals surface area contributed by atoms with Crippen molar-refractivity contribution >= 4 is 34.6 Å². The van der Waals surface area contributed by atoms with Crippen molar-refractivity contribution in [1.29, 1.82) is 0 Å². The van der Waals surface area contributed by atoms with Gasteiger partial charge in [-0.1, -0.05) is 61.4 Å². The molecule has 4 rings (SSSR count). The molecule has 1 aliphatic heterocycles. The summed E-state index contributed by atoms with van der Waals surface area (Å²) in [4.78, 5) is 55.0. The van der Waals surface area contributed by atoms with E-state index < -0.39 is 29.9 Å². The van der Waals surface area contributed by atoms with E-state index in [1.807, 2.05) is 54.6 Å². The zero-order valence-corrected chi connectivity index (χ0v) is 21.7. The lowest BCUT2D eigenvalue weighted by atomic mass is 9.94. The Balaban J connectivity index is 1.48. The summed E-state index contributed by atoms with van der Waals surface area (Å²) in [6.45, 7) is 0.230. The van der Waals surface area contributed by atoms with Crippen LogP contribution in [0.5, 0.6) is 0 Å². The van der Waals surface area contributed by atoms with Crippen molar-refractivity contribution in [2.45, 2.75) is 70.0 Å². The van der Waals surface area contributed by atoms with Crippen LogP contribution in [0.15, 0.2) is 54.6 Å². The van der Waals surface area contributed by atoms with Crippen LogP contribution < -0.4 is 10.8 Å². The largest absolute Gasteiger partial charge is 0.480 e. The van der Waals surface area contributed by atoms with Crippen LogP contribution in [0, 0.1) is 0 Å². The highest BCUT2D eigenvalue weighted by atomic mass is 16.5. The fourth-order valence-corrected chi connectivity index (χ4v) is 5.14. The van der Waals surface area contributed by atoms with Gasteiger partial charge in [0, 0.05) is 42.3 Å². The molecule has 0 radical (unpaired) electrons. The first-order chi connectivity index (χ1) is 18.9. The highest BCUT2D eigenvalue weighted by Gasteiger charge is 2.37. The molecule has 0 unspecified atom stereocenters. The molecule has 1 aliphatic rings. The maximum absolute atomic E-state index is 13.6. The van der Waals surface area contributed by atoms with Gasteiger partial charge in [-0.3, -0.25) is 19.6 Å². The van der Waals surface area contributed by atoms with E-state index in [-0.39, 0.29) is 38.1 Å². The van der Waals surface area contributed by atoms with Gasteiger partial charge in [-0.05, 0) is 30.0 Å². The SMILES string of the molecule is O=C(CCCCCCC(=O)N1Cc2[nH]c3ccccc3c2C[C@H]1C(=O)N[C@@H](Cc1ccccc1)C(=O)O)NO. The van der Waals surface area contributed by atoms with Gasteiger partial charge in [0.25, 0.3) is 0 Å². The average Bonchev–Trinajstić information content (AvgIpc) is 3.31. The second-order valence-corrected chi connectivity index (χ2v) is 9.91. The molecular weight excluding hydrogens is 500 g/mol. The highest BCUT2D eigenvalue weighted by molar-refractivity contribution is 5.93. The highest BCUT2D eigenvalue weighted by Crippen LogP contribution is 2.31. The quantitative estimate of drug-likeness (QED) is 0.137. The third kappa shape index (κ3) is 7.02. The first kappa shape index (κ1) is 27.8. The van der Waals surface area contributed by atoms with Gasteiger partial charge in [0.15, 0.2) is 0 Å². The number of carbonyl (C=O) groups excluding carboxylic acids is 3. The van der Waals surface area contributed by atoms with Gasteiger partial charge in [-0.2, -0.15) is 0 Å². The summed E-state index contributed by atoms with van der Waals surface area (Å²) < 4.78 is 0. The number of carbonyl (C=O) groups is 4. The zero-order valence-electron chi connectivity index (χ0n) is 21.7. The standard InChI is InChI=1S/C29H34N4O6/c34-26(32-39)14-6-1-2-7-15-27(35)33-18-24-21(20-12-8-9-13-22(20)30-24)17-25(33)28(36)31-23(29(37)38)16-19-10-4-3-5-11-19/h3-5,8-13,23,25,30,39H,1-2,6-7,14-18H2,(H,31,36)(H,32,34)(H,37,38)/t23-,25-/m0/s1. The van der Waals surface area contributed by atoms with E-state index in [0.717, 1.165) is 40.6 Å². The maximum atomic E-state index is 13.6. The van der Waals surface area contributed by atoms with Crippen molar-refractivity contribution < 1.29 is 29.5 Å². The predicted molar refractivity (Wildman–Crippen MR) is 144 cm³/mol. The topological polar surface area (TPSA) is 152 Å². The number of nitrogens with one attached hydrogen (secondary N) is 3. The molecule has 0 fully saturated rings. The Morgan fingerprint density at radius 1 is 0.949 bits per heavy atom. The van der Waals surface area contributed by atoms with E-state index in [1.165, 1.54) is 0 Å². The molecule has 10 heteroatoms. The van der Waals surface area contributed by atoms with Gasteiger partial charge in [0.05, 0.1) is 6.54 Å². The van der Waals surface area contributed by atoms with Crippen LogP contribution in [-0.4, -0.2) is 56.0 Å². The van der Waals surface area contributed by atoms with Gasteiger partial charge in [-0.15, -0.1) is 0 Å². The van der Waals surface area contributed by atoms with Crippen LogP contribution in [0.25, 0.3) is 10.9 Å². The van der Waals surface area contributed by atoms with Gasteiger partial charge in [0.1, 0.15) is 12.1 Å². The lowest BCUT2D eigenvalue weighted by Gasteiger charge is -2.35. The fraction of sp³-hybridized carbons (Fsp3) is 0.379. The van der Waals surface area contributed by atoms with Gasteiger partial charge >= 0.3 is 5.97 Å². The molecule has 39 heavy (non-hydrogen) atoms. The van der Waals surface area contributed by atoms with E-state index in [0.29, 0.717) is 12.8 Å². The number of fused-ring (bicyclic) bond motifs is 3. The molecular formula is C29H34N4O6. The number of aromatic amines is 1. The number of aromatic nitrogens is 1. The number of para-hydroxylation sites is 1. The molecule has 206 valence electrons. The number of nitrogens with zero attached hydrogens (tertiary/aromatic N) is 1. The van der Waals surface area contributed by atoms with Crippen molar-refractivity contribution in [1.82, 2.24) is 20.7 Å². The molecule has 10 nitrogen and oxygen atoms in total. The van der Waals surface area contributed by atoms with Gasteiger partial charge in [0.2, 0.25) is 17.7 Å². The first-order valence-corrected chi connectivity index (χ1v) is 13.3. The molecule has 5 N–H and O–H groups in total. The van der Waals surface area contributed by atoms with Gasteiger partial charge in [-0.25, -0.2) is 10.3 Å². The molecule has 0 spiro atoms. The third-order valence-electron chi connectivity index (χ3n) is 7.19. The normalized spacial score (nSPS) is 15.4. The molecule has 1 aromatic heterocycles. The van der Waals surface area contributed by atoms with Crippen LogP contribution in [0.1, 0.15) is 55.3 Å². The van der Waals surface area contributed by atoms with Crippen LogP contribution in [-0.2, 0) is 38.6 Å². The van der Waals surface area contributed by atoms with E-state index in [2.05, 4.69) is 10.3 Å². The Morgan fingerprint density at radius 3 is 2.36 bits per heavy atom. The third-order valence-corrected chi connectivity index (χ3v) is 7.19. The van der Waals surface area contributed by atoms with Crippen molar-refractivity contribution in [3.8, 4) is 0 Å². The Labute approximate surface area is 226 Å². The number of carboxylic acid groups (broad SMARTS) is 1. The van der Waals surface area contributed by atoms with Crippen molar-refractivity contribution in [2.24, 2.45) is 0 Å². The molecule has 2 aromatic carbocycles. The molecule has 0 saturated heterocycles. The minimum absolute atomic E-state index is 0.134. The summed E-state index contributed by atoms with van der Waals surface area (Å²) >= 11 is 0. The number of rotatable bonds is 12. The minimum Gasteiger partial charge on any atom is -0.480 e. The number of H-pyrrole nitrogens is 1. The van der Waals surface area contributed by atoms with Crippen LogP contribution in [0.4, 0.5) is 0 Å². The number of amides is 3. The van der Waals surface area contributed by atoms with Crippen LogP contribution >= 0.6 is 0 Å². The second-order valence-electron chi connectivity index (χ2n) is 9.91. The van der Waals surface area contributed by atoms with Crippen molar-refractivity contribution in [3.63, 3.8) is 0 Å². The summed E-state index contributed by atoms with van der Waals surface area (Å²) in [5, 5.41) is 22.1. The van der Waals surface area contributed by atoms with Crippen molar-refractivity contribution in [3.05, 3.63) is 71.4 Å². The zero-order chi connectivity index (χ0) is 27.8. The lowest BCUT2D eigenvalue weighted by Crippen LogP contribution is -2.55. The Bertz CT molecular complexity index is 1320. The van der Waals surface area contributed by atoms with E-state index in [1.54, 1.807) is 10.4 Å². The number of carboxylic acids is 1. The molecule has 2 heterocycles. The number of benzene rings is 2. The van der Waals surface area contributed by atoms with Crippen molar-refractivity contribution in [2.75, 3.05) is 0 Å². The summed E-state index contributed by atoms with van der Waals surface area (Å²) in [5.41, 5.74) is 5.16. The van der Waals surface area contributed by atoms with E-state index >= 15 is 0 Å². The van der Waals surface area contributed by atoms with Gasteiger partial charge < -0.3 is 20.3 Å². The Hall–Kier alpha value is -4.18. The van der Waals surface area contributed by atoms with Crippen LogP contribution in [0.3, 0.4) is 0 Å². The summed E-state index contributed by atoms with van der Waals surface area (Å²) in [5.74, 6) is -2.24. The number of hydroxylamine groups is 1. The Kier molecular flexibility index (Phi) is 9.32. The summed E-state index contributed by atoms with van der Waals surface area (Å²) in [6, 6.07) is 14.9. The second kappa shape index (κ2) is 13.1. The average molecular weight is 535 g/mol. The molecule has 3 aromatic rings. The minimum atomic E-state index is -1.14. The monoisotopic (exact) mass is 534 g/mol. The Morgan fingerprint density at radius 2 is 1.64 bits per heavy atom. The fourth-order valence-electron chi connectivity index (χ4n) is 5.14. The molecule has 2 atom stereocenters. The molecule has 0 aliphatic carbocycles. The molecule has 0 bridgehead atoms. The molecule has 3 amide bonds. The number of unbranched alkanes of at least 4 members (excludes halogenated alkanes) is 3. The number of aliphatic carboxylic acids is 1. The predicted octanol–water partition coefficient (Wildman–Crippen LogP) is 3.08. The maximum Gasteiger partial charge on any atom is 0.326 e. The number of hydrogen-bond donors (Lipinski definition) is 5. The summed E-state index contributed by atoms with van der Waals surface area (Å²) in [7, 11) is 0. The lowest BCUT2D eigenvalue weighted by molar-refractivity contribution is -0.145. The van der Waals surface area contributed by atoms with E-state index in [4.69, 9.17) is 5.21 Å². The van der Waals surface area contributed by atoms with E-state index in [9.17, 15) is 24.3 Å². The number of hydrogen-bond acceptors (Lipinski definition) is 5. The smallest absolute Gasteiger partial charge is 0.326 e. The molecule has 0 saturated carbocycles.